The summed E-state index contributed by atoms with van der Waals surface area (Å²) in [4.78, 5) is 0. The highest BCUT2D eigenvalue weighted by atomic mass is 79.9. The van der Waals surface area contributed by atoms with Gasteiger partial charge in [-0.3, -0.25) is 0 Å². The molecule has 0 radical (unpaired) electrons. The van der Waals surface area contributed by atoms with E-state index >= 15 is 0 Å². The number of rotatable bonds is 7. The van der Waals surface area contributed by atoms with Gasteiger partial charge < -0.3 is 53.1 Å². The summed E-state index contributed by atoms with van der Waals surface area (Å²) in [6.07, 6.45) is 6.76. The van der Waals surface area contributed by atoms with Crippen molar-refractivity contribution in [2.45, 2.75) is 63.8 Å². The van der Waals surface area contributed by atoms with E-state index in [0.717, 1.165) is 48.0 Å². The SMILES string of the molecule is OC1C[N+]2(Cc3ccc(CCc4ccc(C[N+]56CCC(CC5)C(O)C6)cc4)cc3)CCC1CC2.[Br-].[Br-]. The van der Waals surface area contributed by atoms with E-state index in [0.29, 0.717) is 11.8 Å². The lowest BCUT2D eigenvalue weighted by Crippen LogP contribution is -3.00. The van der Waals surface area contributed by atoms with Gasteiger partial charge in [0.2, 0.25) is 0 Å². The maximum atomic E-state index is 10.4. The van der Waals surface area contributed by atoms with Crippen molar-refractivity contribution < 1.29 is 53.1 Å². The van der Waals surface area contributed by atoms with Crippen LogP contribution in [-0.4, -0.2) is 70.7 Å². The molecule has 0 amide bonds. The Morgan fingerprint density at radius 1 is 0.528 bits per heavy atom. The Labute approximate surface area is 238 Å². The minimum atomic E-state index is -0.0870. The quantitative estimate of drug-likeness (QED) is 0.341. The summed E-state index contributed by atoms with van der Waals surface area (Å²) in [7, 11) is 0. The molecule has 4 bridgehead atoms. The second-order valence-electron chi connectivity index (χ2n) is 12.2. The molecule has 2 aromatic rings. The Bertz CT molecular complexity index is 900. The van der Waals surface area contributed by atoms with Gasteiger partial charge in [-0.2, -0.15) is 0 Å². The molecule has 0 saturated carbocycles. The van der Waals surface area contributed by atoms with Crippen molar-refractivity contribution in [2.75, 3.05) is 39.3 Å². The molecule has 0 aliphatic carbocycles. The van der Waals surface area contributed by atoms with Crippen LogP contribution in [0.4, 0.5) is 0 Å². The zero-order valence-corrected chi connectivity index (χ0v) is 24.5. The smallest absolute Gasteiger partial charge is 0.106 e. The molecule has 8 rings (SSSR count). The lowest BCUT2D eigenvalue weighted by atomic mass is 9.83. The lowest BCUT2D eigenvalue weighted by molar-refractivity contribution is -0.958. The van der Waals surface area contributed by atoms with Crippen LogP contribution in [0.2, 0.25) is 0 Å². The van der Waals surface area contributed by atoms with Gasteiger partial charge in [0.1, 0.15) is 38.4 Å². The Morgan fingerprint density at radius 2 is 0.833 bits per heavy atom. The first-order chi connectivity index (χ1) is 16.5. The van der Waals surface area contributed by atoms with Gasteiger partial charge in [-0.1, -0.05) is 48.5 Å². The van der Waals surface area contributed by atoms with Crippen LogP contribution in [0.15, 0.2) is 48.5 Å². The van der Waals surface area contributed by atoms with Gasteiger partial charge in [0.25, 0.3) is 0 Å². The number of hydrogen-bond acceptors (Lipinski definition) is 2. The van der Waals surface area contributed by atoms with E-state index in [9.17, 15) is 10.2 Å². The Hall–Kier alpha value is -0.760. The summed E-state index contributed by atoms with van der Waals surface area (Å²) in [5.74, 6) is 1.12. The number of nitrogens with zero attached hydrogens (tertiary/aromatic N) is 2. The minimum absolute atomic E-state index is 0. The molecular formula is C30H42Br2N2O2. The van der Waals surface area contributed by atoms with Crippen LogP contribution in [0.5, 0.6) is 0 Å². The third-order valence-corrected chi connectivity index (χ3v) is 9.92. The summed E-state index contributed by atoms with van der Waals surface area (Å²) in [5, 5.41) is 20.8. The molecule has 2 N–H and O–H groups in total. The van der Waals surface area contributed by atoms with E-state index < -0.39 is 0 Å². The van der Waals surface area contributed by atoms with Crippen LogP contribution in [0, 0.1) is 11.8 Å². The molecule has 6 fully saturated rings. The summed E-state index contributed by atoms with van der Waals surface area (Å²) in [6.45, 7) is 8.99. The van der Waals surface area contributed by atoms with Crippen molar-refractivity contribution in [3.63, 3.8) is 0 Å². The minimum Gasteiger partial charge on any atom is -1.00 e. The molecule has 6 aliphatic rings. The average molecular weight is 622 g/mol. The molecule has 0 spiro atoms. The zero-order chi connectivity index (χ0) is 23.2. The standard InChI is InChI=1S/C30H42N2O2.2BrH/c33-29-21-31(15-11-27(29)12-16-31)19-25-7-3-23(4-8-25)1-2-24-5-9-26(10-6-24)20-32-17-13-28(14-18-32)30(34)22-32;;/h3-10,27-30,33-34H,1-2,11-22H2;2*1H/q+2;;/p-2. The topological polar surface area (TPSA) is 40.5 Å². The van der Waals surface area contributed by atoms with Crippen molar-refractivity contribution in [3.05, 3.63) is 70.8 Å². The van der Waals surface area contributed by atoms with Crippen molar-refractivity contribution in [1.29, 1.82) is 0 Å². The highest BCUT2D eigenvalue weighted by Gasteiger charge is 2.46. The summed E-state index contributed by atoms with van der Waals surface area (Å²) < 4.78 is 2.17. The van der Waals surface area contributed by atoms with Crippen LogP contribution in [0.25, 0.3) is 0 Å². The van der Waals surface area contributed by atoms with Crippen LogP contribution in [-0.2, 0) is 25.9 Å². The third-order valence-electron chi connectivity index (χ3n) is 9.92. The van der Waals surface area contributed by atoms with E-state index in [4.69, 9.17) is 0 Å². The van der Waals surface area contributed by atoms with Gasteiger partial charge in [-0.05, 0) is 24.0 Å². The normalized spacial score (nSPS) is 34.6. The summed E-state index contributed by atoms with van der Waals surface area (Å²) in [5.41, 5.74) is 5.66. The number of aliphatic hydroxyl groups is 2. The predicted octanol–water partition coefficient (Wildman–Crippen LogP) is -2.32. The van der Waals surface area contributed by atoms with Gasteiger partial charge in [0.15, 0.2) is 0 Å². The van der Waals surface area contributed by atoms with Crippen molar-refractivity contribution in [3.8, 4) is 0 Å². The molecule has 6 aliphatic heterocycles. The highest BCUT2D eigenvalue weighted by molar-refractivity contribution is 5.26. The summed E-state index contributed by atoms with van der Waals surface area (Å²) >= 11 is 0. The van der Waals surface area contributed by atoms with Crippen molar-refractivity contribution >= 4 is 0 Å². The molecule has 198 valence electrons. The van der Waals surface area contributed by atoms with E-state index in [1.165, 1.54) is 74.1 Å². The fraction of sp³-hybridized carbons (Fsp3) is 0.600. The van der Waals surface area contributed by atoms with Gasteiger partial charge in [0, 0.05) is 48.6 Å². The van der Waals surface area contributed by atoms with Gasteiger partial charge in [-0.15, -0.1) is 0 Å². The second-order valence-corrected chi connectivity index (χ2v) is 12.2. The van der Waals surface area contributed by atoms with E-state index in [-0.39, 0.29) is 46.2 Å². The molecule has 6 saturated heterocycles. The Balaban J connectivity index is 0.00000152. The van der Waals surface area contributed by atoms with Gasteiger partial charge in [-0.25, -0.2) is 0 Å². The van der Waals surface area contributed by atoms with Crippen LogP contribution >= 0.6 is 0 Å². The largest absolute Gasteiger partial charge is 1.00 e. The fourth-order valence-electron chi connectivity index (χ4n) is 7.63. The number of fused-ring (bicyclic) bond motifs is 6. The average Bonchev–Trinajstić information content (AvgIpc) is 2.85. The van der Waals surface area contributed by atoms with E-state index in [1.54, 1.807) is 0 Å². The number of piperidine rings is 6. The fourth-order valence-corrected chi connectivity index (χ4v) is 7.63. The van der Waals surface area contributed by atoms with Crippen LogP contribution < -0.4 is 34.0 Å². The first-order valence-corrected chi connectivity index (χ1v) is 13.7. The second kappa shape index (κ2) is 11.5. The number of benzene rings is 2. The van der Waals surface area contributed by atoms with E-state index in [1.807, 2.05) is 0 Å². The number of aryl methyl sites for hydroxylation is 2. The van der Waals surface area contributed by atoms with Gasteiger partial charge >= 0.3 is 0 Å². The lowest BCUT2D eigenvalue weighted by Gasteiger charge is -2.51. The molecule has 2 atom stereocenters. The van der Waals surface area contributed by atoms with E-state index in [2.05, 4.69) is 48.5 Å². The maximum absolute atomic E-state index is 10.4. The summed E-state index contributed by atoms with van der Waals surface area (Å²) in [6, 6.07) is 18.6. The third kappa shape index (κ3) is 5.94. The predicted molar refractivity (Wildman–Crippen MR) is 135 cm³/mol. The Kier molecular flexibility index (Phi) is 9.06. The molecule has 2 unspecified atom stereocenters. The first-order valence-electron chi connectivity index (χ1n) is 13.7. The molecule has 4 nitrogen and oxygen atoms in total. The number of quaternary nitrogens is 2. The number of aliphatic hydroxyl groups excluding tert-OH is 2. The van der Waals surface area contributed by atoms with Crippen molar-refractivity contribution in [2.24, 2.45) is 11.8 Å². The molecule has 6 heteroatoms. The van der Waals surface area contributed by atoms with Crippen LogP contribution in [0.1, 0.15) is 47.9 Å². The number of halogens is 2. The number of hydrogen-bond donors (Lipinski definition) is 2. The molecule has 36 heavy (non-hydrogen) atoms. The molecule has 0 aromatic heterocycles. The van der Waals surface area contributed by atoms with Crippen molar-refractivity contribution in [1.82, 2.24) is 0 Å². The first kappa shape index (κ1) is 28.3. The molecule has 6 heterocycles. The van der Waals surface area contributed by atoms with Gasteiger partial charge in [0.05, 0.1) is 26.2 Å². The highest BCUT2D eigenvalue weighted by Crippen LogP contribution is 2.36. The monoisotopic (exact) mass is 620 g/mol. The molecular weight excluding hydrogens is 580 g/mol. The zero-order valence-electron chi connectivity index (χ0n) is 21.4. The maximum Gasteiger partial charge on any atom is 0.106 e. The molecule has 2 aromatic carbocycles. The Morgan fingerprint density at radius 3 is 1.14 bits per heavy atom. The van der Waals surface area contributed by atoms with Crippen LogP contribution in [0.3, 0.4) is 0 Å².